The maximum atomic E-state index is 13.3. The van der Waals surface area contributed by atoms with Crippen LogP contribution >= 0.6 is 0 Å². The van der Waals surface area contributed by atoms with Crippen molar-refractivity contribution in [3.05, 3.63) is 35.9 Å². The highest BCUT2D eigenvalue weighted by molar-refractivity contribution is 5.91. The molecule has 2 aliphatic rings. The first-order chi connectivity index (χ1) is 12.4. The van der Waals surface area contributed by atoms with Crippen LogP contribution in [0.25, 0.3) is 0 Å². The third-order valence-corrected chi connectivity index (χ3v) is 4.03. The van der Waals surface area contributed by atoms with E-state index in [1.54, 1.807) is 13.0 Å². The third-order valence-electron chi connectivity index (χ3n) is 4.03. The number of carbonyl (C=O) groups excluding carboxylic acids is 2. The quantitative estimate of drug-likeness (QED) is 0.671. The number of aromatic nitrogens is 2. The average molecular weight is 365 g/mol. The van der Waals surface area contributed by atoms with Gasteiger partial charge in [-0.2, -0.15) is 5.06 Å². The number of hydroxylamine groups is 2. The largest absolute Gasteiger partial charge is 0.477 e. The predicted octanol–water partition coefficient (Wildman–Crippen LogP) is -0.161. The second-order valence-electron chi connectivity index (χ2n) is 5.82. The number of amides is 3. The number of carboxylic acids is 1. The smallest absolute Gasteiger partial charge is 0.368 e. The fourth-order valence-electron chi connectivity index (χ4n) is 2.91. The summed E-state index contributed by atoms with van der Waals surface area (Å²) in [5.41, 5.74) is 1.12. The molecule has 1 saturated heterocycles. The zero-order valence-corrected chi connectivity index (χ0v) is 13.7. The summed E-state index contributed by atoms with van der Waals surface area (Å²) in [6.07, 6.45) is 3.42. The number of halogens is 1. The van der Waals surface area contributed by atoms with E-state index in [4.69, 9.17) is 5.11 Å². The Morgan fingerprint density at radius 1 is 1.50 bits per heavy atom. The first-order valence-electron chi connectivity index (χ1n) is 7.73. The summed E-state index contributed by atoms with van der Waals surface area (Å²) < 4.78 is 13.3. The van der Waals surface area contributed by atoms with Gasteiger partial charge in [0.2, 0.25) is 5.91 Å². The minimum absolute atomic E-state index is 0.0890. The van der Waals surface area contributed by atoms with E-state index in [-0.39, 0.29) is 13.1 Å². The minimum atomic E-state index is -2.67. The number of hydrogen-bond donors (Lipinski definition) is 2. The second kappa shape index (κ2) is 7.04. The third kappa shape index (κ3) is 3.33. The molecule has 1 unspecified atom stereocenters. The molecule has 3 amide bonds. The molecule has 3 atom stereocenters. The molecule has 2 aliphatic heterocycles. The van der Waals surface area contributed by atoms with Crippen LogP contribution in [0.2, 0.25) is 0 Å². The lowest BCUT2D eigenvalue weighted by atomic mass is 10.00. The van der Waals surface area contributed by atoms with Gasteiger partial charge in [0.1, 0.15) is 6.04 Å². The van der Waals surface area contributed by atoms with Crippen LogP contribution < -0.4 is 5.32 Å². The van der Waals surface area contributed by atoms with Gasteiger partial charge in [0.05, 0.1) is 31.0 Å². The zero-order valence-electron chi connectivity index (χ0n) is 13.7. The molecule has 0 aromatic carbocycles. The van der Waals surface area contributed by atoms with E-state index >= 15 is 0 Å². The van der Waals surface area contributed by atoms with Gasteiger partial charge in [-0.25, -0.2) is 18.8 Å². The van der Waals surface area contributed by atoms with Crippen molar-refractivity contribution in [1.82, 2.24) is 25.2 Å². The number of urea groups is 1. The van der Waals surface area contributed by atoms with Crippen molar-refractivity contribution in [1.29, 1.82) is 0 Å². The number of alkyl halides is 1. The number of carbonyl (C=O) groups is 3. The number of carboxylic acid groups (broad SMARTS) is 1. The Bertz CT molecular complexity index is 758. The molecule has 1 aromatic heterocycles. The Balaban J connectivity index is 1.70. The zero-order chi connectivity index (χ0) is 18.8. The molecule has 0 spiro atoms. The highest BCUT2D eigenvalue weighted by atomic mass is 19.1. The van der Waals surface area contributed by atoms with E-state index in [0.29, 0.717) is 16.3 Å². The fourth-order valence-corrected chi connectivity index (χ4v) is 2.91. The SMILES string of the molecule is CC1=C[C@@H]2CN(C(=O)N2OC(F)C(=O)O)[C@@H]1C(=O)NCc1cnccn1. The molecular formula is C15H16FN5O5. The average Bonchev–Trinajstić information content (AvgIpc) is 2.86. The molecule has 1 aromatic rings. The minimum Gasteiger partial charge on any atom is -0.477 e. The Labute approximate surface area is 147 Å². The highest BCUT2D eigenvalue weighted by Gasteiger charge is 2.48. The van der Waals surface area contributed by atoms with E-state index in [0.717, 1.165) is 0 Å². The molecule has 3 rings (SSSR count). The van der Waals surface area contributed by atoms with Crippen LogP contribution in [0.15, 0.2) is 30.2 Å². The summed E-state index contributed by atoms with van der Waals surface area (Å²) >= 11 is 0. The molecular weight excluding hydrogens is 349 g/mol. The van der Waals surface area contributed by atoms with Crippen molar-refractivity contribution in [2.75, 3.05) is 6.54 Å². The maximum Gasteiger partial charge on any atom is 0.368 e. The van der Waals surface area contributed by atoms with E-state index < -0.39 is 36.3 Å². The maximum absolute atomic E-state index is 13.3. The van der Waals surface area contributed by atoms with E-state index in [1.807, 2.05) is 0 Å². The van der Waals surface area contributed by atoms with E-state index in [9.17, 15) is 18.8 Å². The van der Waals surface area contributed by atoms with E-state index in [2.05, 4.69) is 20.1 Å². The van der Waals surface area contributed by atoms with Gasteiger partial charge in [-0.3, -0.25) is 14.8 Å². The lowest BCUT2D eigenvalue weighted by Crippen LogP contribution is -2.50. The van der Waals surface area contributed by atoms with Crippen molar-refractivity contribution in [2.24, 2.45) is 0 Å². The van der Waals surface area contributed by atoms with E-state index in [1.165, 1.54) is 23.5 Å². The van der Waals surface area contributed by atoms with Gasteiger partial charge < -0.3 is 15.3 Å². The molecule has 2 bridgehead atoms. The molecule has 0 aliphatic carbocycles. The van der Waals surface area contributed by atoms with Gasteiger partial charge in [-0.05, 0) is 12.5 Å². The molecule has 1 fully saturated rings. The van der Waals surface area contributed by atoms with Crippen LogP contribution in [0.5, 0.6) is 0 Å². The lowest BCUT2D eigenvalue weighted by molar-refractivity contribution is -0.219. The molecule has 11 heteroatoms. The van der Waals surface area contributed by atoms with Crippen LogP contribution in [0, 0.1) is 0 Å². The first-order valence-corrected chi connectivity index (χ1v) is 7.73. The number of rotatable bonds is 6. The highest BCUT2D eigenvalue weighted by Crippen LogP contribution is 2.30. The molecule has 10 nitrogen and oxygen atoms in total. The van der Waals surface area contributed by atoms with Gasteiger partial charge in [0.15, 0.2) is 0 Å². The molecule has 26 heavy (non-hydrogen) atoms. The number of nitrogens with zero attached hydrogens (tertiary/aromatic N) is 4. The molecule has 3 heterocycles. The van der Waals surface area contributed by atoms with Crippen molar-refractivity contribution in [3.63, 3.8) is 0 Å². The molecule has 2 N–H and O–H groups in total. The van der Waals surface area contributed by atoms with Gasteiger partial charge in [0, 0.05) is 12.4 Å². The van der Waals surface area contributed by atoms with Gasteiger partial charge in [-0.15, -0.1) is 0 Å². The van der Waals surface area contributed by atoms with Gasteiger partial charge >= 0.3 is 18.4 Å². The lowest BCUT2D eigenvalue weighted by Gasteiger charge is -2.29. The van der Waals surface area contributed by atoms with Crippen molar-refractivity contribution in [3.8, 4) is 0 Å². The molecule has 138 valence electrons. The standard InChI is InChI=1S/C15H16FN5O5/c1-8-4-10-7-20(15(25)21(10)26-12(16)14(23)24)11(8)13(22)19-6-9-5-17-2-3-18-9/h2-5,10-12H,6-7H2,1H3,(H,19,22)(H,23,24)/t10-,11+,12?/m1/s1. The van der Waals surface area contributed by atoms with Crippen molar-refractivity contribution >= 4 is 17.9 Å². The Hall–Kier alpha value is -3.08. The monoisotopic (exact) mass is 365 g/mol. The summed E-state index contributed by atoms with van der Waals surface area (Å²) in [5, 5.41) is 11.9. The van der Waals surface area contributed by atoms with Crippen molar-refractivity contribution in [2.45, 2.75) is 31.9 Å². The number of hydrogen-bond acceptors (Lipinski definition) is 6. The number of nitrogens with one attached hydrogen (secondary N) is 1. The Morgan fingerprint density at radius 2 is 2.27 bits per heavy atom. The number of fused-ring (bicyclic) bond motifs is 2. The van der Waals surface area contributed by atoms with Crippen LogP contribution in [0.3, 0.4) is 0 Å². The molecule has 0 saturated carbocycles. The Kier molecular flexibility index (Phi) is 4.80. The molecule has 0 radical (unpaired) electrons. The summed E-state index contributed by atoms with van der Waals surface area (Å²) in [6, 6.07) is -2.33. The van der Waals surface area contributed by atoms with Crippen molar-refractivity contribution < 1.29 is 28.7 Å². The first kappa shape index (κ1) is 17.7. The summed E-state index contributed by atoms with van der Waals surface area (Å²) in [7, 11) is 0. The normalized spacial score (nSPS) is 22.8. The van der Waals surface area contributed by atoms with Crippen LogP contribution in [0.4, 0.5) is 9.18 Å². The van der Waals surface area contributed by atoms with Crippen LogP contribution in [-0.2, 0) is 21.0 Å². The summed E-state index contributed by atoms with van der Waals surface area (Å²) in [6.45, 7) is 1.88. The predicted molar refractivity (Wildman–Crippen MR) is 82.8 cm³/mol. The summed E-state index contributed by atoms with van der Waals surface area (Å²) in [4.78, 5) is 49.3. The van der Waals surface area contributed by atoms with Crippen LogP contribution in [0.1, 0.15) is 12.6 Å². The Morgan fingerprint density at radius 3 is 2.92 bits per heavy atom. The second-order valence-corrected chi connectivity index (χ2v) is 5.82. The topological polar surface area (TPSA) is 125 Å². The van der Waals surface area contributed by atoms with Crippen LogP contribution in [-0.4, -0.2) is 67.9 Å². The fraction of sp³-hybridized carbons (Fsp3) is 0.400. The van der Waals surface area contributed by atoms with Gasteiger partial charge in [0.25, 0.3) is 0 Å². The number of aliphatic carboxylic acids is 1. The summed E-state index contributed by atoms with van der Waals surface area (Å²) in [5.74, 6) is -2.28. The van der Waals surface area contributed by atoms with Gasteiger partial charge in [-0.1, -0.05) is 6.08 Å².